The molecule has 1 N–H and O–H groups in total. The zero-order valence-electron chi connectivity index (χ0n) is 10.2. The fourth-order valence-corrected chi connectivity index (χ4v) is 1.21. The van der Waals surface area contributed by atoms with E-state index in [1.807, 2.05) is 36.4 Å². The van der Waals surface area contributed by atoms with Crippen LogP contribution in [0.3, 0.4) is 0 Å². The van der Waals surface area contributed by atoms with Crippen LogP contribution >= 0.6 is 0 Å². The monoisotopic (exact) mass is 222 g/mol. The molecule has 0 bridgehead atoms. The summed E-state index contributed by atoms with van der Waals surface area (Å²) in [5.74, 6) is -0.831. The number of hydrogen-bond donors (Lipinski definition) is 1. The third-order valence-electron chi connectivity index (χ3n) is 2.33. The molecule has 0 radical (unpaired) electrons. The average molecular weight is 222 g/mol. The first-order valence-corrected chi connectivity index (χ1v) is 5.91. The first-order chi connectivity index (χ1) is 7.68. The van der Waals surface area contributed by atoms with Gasteiger partial charge in [-0.2, -0.15) is 0 Å². The molecule has 1 aromatic carbocycles. The molecule has 0 saturated carbocycles. The van der Waals surface area contributed by atoms with Crippen LogP contribution < -0.4 is 0 Å². The summed E-state index contributed by atoms with van der Waals surface area (Å²) >= 11 is 0. The van der Waals surface area contributed by atoms with E-state index < -0.39 is 5.97 Å². The summed E-state index contributed by atoms with van der Waals surface area (Å²) < 4.78 is 0. The first-order valence-electron chi connectivity index (χ1n) is 5.91. The highest BCUT2D eigenvalue weighted by Crippen LogP contribution is 2.08. The van der Waals surface area contributed by atoms with Gasteiger partial charge < -0.3 is 5.11 Å². The number of carboxylic acids is 1. The van der Waals surface area contributed by atoms with E-state index in [9.17, 15) is 4.79 Å². The van der Waals surface area contributed by atoms with Gasteiger partial charge in [-0.1, -0.05) is 69.5 Å². The predicted octanol–water partition coefficient (Wildman–Crippen LogP) is 3.97. The van der Waals surface area contributed by atoms with E-state index in [1.165, 1.54) is 0 Å². The van der Waals surface area contributed by atoms with Gasteiger partial charge in [0.25, 0.3) is 0 Å². The van der Waals surface area contributed by atoms with Crippen molar-refractivity contribution in [2.45, 2.75) is 39.5 Å². The zero-order valence-corrected chi connectivity index (χ0v) is 10.2. The zero-order chi connectivity index (χ0) is 12.2. The molecule has 1 unspecified atom stereocenters. The van der Waals surface area contributed by atoms with Gasteiger partial charge in [-0.05, 0) is 6.42 Å². The number of hydrogen-bond acceptors (Lipinski definition) is 1. The third kappa shape index (κ3) is 9.25. The minimum absolute atomic E-state index is 0.161. The van der Waals surface area contributed by atoms with Crippen LogP contribution in [0.15, 0.2) is 36.4 Å². The van der Waals surface area contributed by atoms with Crippen molar-refractivity contribution in [2.24, 2.45) is 5.92 Å². The van der Waals surface area contributed by atoms with Crippen LogP contribution in [0.5, 0.6) is 0 Å². The fraction of sp³-hybridized carbons (Fsp3) is 0.500. The average Bonchev–Trinajstić information content (AvgIpc) is 2.32. The largest absolute Gasteiger partial charge is 0.481 e. The molecule has 0 aromatic heterocycles. The summed E-state index contributed by atoms with van der Waals surface area (Å²) in [6.45, 7) is 3.88. The minimum Gasteiger partial charge on any atom is -0.481 e. The van der Waals surface area contributed by atoms with E-state index in [2.05, 4.69) is 6.92 Å². The lowest BCUT2D eigenvalue weighted by molar-refractivity contribution is -0.141. The molecular formula is C14H22O2. The van der Waals surface area contributed by atoms with Crippen LogP contribution in [0.4, 0.5) is 0 Å². The molecule has 0 fully saturated rings. The molecule has 90 valence electrons. The fourth-order valence-electron chi connectivity index (χ4n) is 1.21. The number of rotatable bonds is 5. The van der Waals surface area contributed by atoms with Gasteiger partial charge in [0.05, 0.1) is 5.92 Å². The molecule has 0 aliphatic heterocycles. The minimum atomic E-state index is -0.670. The van der Waals surface area contributed by atoms with E-state index in [0.717, 1.165) is 25.7 Å². The Balaban J connectivity index is 0.000000315. The summed E-state index contributed by atoms with van der Waals surface area (Å²) in [7, 11) is 0. The van der Waals surface area contributed by atoms with Crippen LogP contribution in [0.1, 0.15) is 39.5 Å². The van der Waals surface area contributed by atoms with Crippen LogP contribution in [0, 0.1) is 5.92 Å². The second-order valence-corrected chi connectivity index (χ2v) is 3.89. The molecule has 2 nitrogen and oxygen atoms in total. The van der Waals surface area contributed by atoms with Gasteiger partial charge in [-0.15, -0.1) is 0 Å². The Kier molecular flexibility index (Phi) is 9.38. The lowest BCUT2D eigenvalue weighted by atomic mass is 10.0. The third-order valence-corrected chi connectivity index (χ3v) is 2.33. The summed E-state index contributed by atoms with van der Waals surface area (Å²) in [6, 6.07) is 12.0. The number of carboxylic acid groups (broad SMARTS) is 1. The van der Waals surface area contributed by atoms with Crippen molar-refractivity contribution in [1.29, 1.82) is 0 Å². The molecule has 1 aromatic rings. The maximum atomic E-state index is 10.3. The van der Waals surface area contributed by atoms with Crippen molar-refractivity contribution in [3.63, 3.8) is 0 Å². The molecule has 0 amide bonds. The molecule has 0 saturated heterocycles. The van der Waals surface area contributed by atoms with Crippen molar-refractivity contribution in [1.82, 2.24) is 0 Å². The molecule has 16 heavy (non-hydrogen) atoms. The van der Waals surface area contributed by atoms with Crippen LogP contribution in [-0.2, 0) is 4.79 Å². The van der Waals surface area contributed by atoms with E-state index >= 15 is 0 Å². The van der Waals surface area contributed by atoms with Gasteiger partial charge in [-0.3, -0.25) is 4.79 Å². The summed E-state index contributed by atoms with van der Waals surface area (Å²) in [5, 5.41) is 8.48. The summed E-state index contributed by atoms with van der Waals surface area (Å²) in [5.41, 5.74) is 0. The van der Waals surface area contributed by atoms with Gasteiger partial charge in [0, 0.05) is 0 Å². The number of unbranched alkanes of at least 4 members (excludes halogenated alkanes) is 2. The van der Waals surface area contributed by atoms with Crippen LogP contribution in [0.2, 0.25) is 0 Å². The van der Waals surface area contributed by atoms with E-state index in [1.54, 1.807) is 6.92 Å². The normalized spacial score (nSPS) is 11.1. The Bertz CT molecular complexity index is 230. The van der Waals surface area contributed by atoms with Crippen LogP contribution in [-0.4, -0.2) is 11.1 Å². The Hall–Kier alpha value is -1.31. The van der Waals surface area contributed by atoms with E-state index in [4.69, 9.17) is 5.11 Å². The lowest BCUT2D eigenvalue weighted by Gasteiger charge is -2.03. The van der Waals surface area contributed by atoms with Crippen molar-refractivity contribution < 1.29 is 9.90 Å². The van der Waals surface area contributed by atoms with Crippen LogP contribution in [0.25, 0.3) is 0 Å². The second kappa shape index (κ2) is 10.2. The summed E-state index contributed by atoms with van der Waals surface area (Å²) in [6.07, 6.45) is 4.18. The maximum absolute atomic E-state index is 10.3. The maximum Gasteiger partial charge on any atom is 0.306 e. The molecule has 0 spiro atoms. The molecule has 2 heteroatoms. The van der Waals surface area contributed by atoms with Crippen molar-refractivity contribution in [2.75, 3.05) is 0 Å². The topological polar surface area (TPSA) is 37.3 Å². The van der Waals surface area contributed by atoms with Gasteiger partial charge in [-0.25, -0.2) is 0 Å². The highest BCUT2D eigenvalue weighted by atomic mass is 16.4. The van der Waals surface area contributed by atoms with Gasteiger partial charge >= 0.3 is 5.97 Å². The lowest BCUT2D eigenvalue weighted by Crippen LogP contribution is -2.08. The Labute approximate surface area is 98.3 Å². The van der Waals surface area contributed by atoms with E-state index in [-0.39, 0.29) is 5.92 Å². The Morgan fingerprint density at radius 2 is 1.50 bits per heavy atom. The van der Waals surface area contributed by atoms with Gasteiger partial charge in [0.1, 0.15) is 0 Å². The number of benzene rings is 1. The smallest absolute Gasteiger partial charge is 0.306 e. The molecule has 0 aliphatic carbocycles. The highest BCUT2D eigenvalue weighted by molar-refractivity contribution is 5.69. The van der Waals surface area contributed by atoms with Gasteiger partial charge in [0.15, 0.2) is 0 Å². The second-order valence-electron chi connectivity index (χ2n) is 3.89. The molecule has 0 aliphatic rings. The van der Waals surface area contributed by atoms with Crippen molar-refractivity contribution >= 4 is 5.97 Å². The summed E-state index contributed by atoms with van der Waals surface area (Å²) in [4.78, 5) is 10.3. The first kappa shape index (κ1) is 14.7. The SMILES string of the molecule is CCCCCC(C)C(=O)O.c1ccccc1. The standard InChI is InChI=1S/C8H16O2.C6H6/c1-3-4-5-6-7(2)8(9)10;1-2-4-6-5-3-1/h7H,3-6H2,1-2H3,(H,9,10);1-6H. The molecular weight excluding hydrogens is 200 g/mol. The Morgan fingerprint density at radius 3 is 1.81 bits per heavy atom. The quantitative estimate of drug-likeness (QED) is 0.765. The highest BCUT2D eigenvalue weighted by Gasteiger charge is 2.08. The molecule has 1 atom stereocenters. The number of aliphatic carboxylic acids is 1. The Morgan fingerprint density at radius 1 is 1.06 bits per heavy atom. The van der Waals surface area contributed by atoms with Crippen molar-refractivity contribution in [3.05, 3.63) is 36.4 Å². The van der Waals surface area contributed by atoms with Crippen molar-refractivity contribution in [3.8, 4) is 0 Å². The predicted molar refractivity (Wildman–Crippen MR) is 67.4 cm³/mol. The number of carbonyl (C=O) groups is 1. The molecule has 1 rings (SSSR count). The van der Waals surface area contributed by atoms with Gasteiger partial charge in [0.2, 0.25) is 0 Å². The molecule has 0 heterocycles. The van der Waals surface area contributed by atoms with E-state index in [0.29, 0.717) is 0 Å².